The molecule has 1 aromatic heterocycles. The highest BCUT2D eigenvalue weighted by Gasteiger charge is 2.41. The normalized spacial score (nSPS) is 28.4. The Labute approximate surface area is 135 Å². The van der Waals surface area contributed by atoms with Gasteiger partial charge in [0.1, 0.15) is 0 Å². The first-order valence-electron chi connectivity index (χ1n) is 7.84. The second-order valence-corrected chi connectivity index (χ2v) is 7.14. The van der Waals surface area contributed by atoms with E-state index in [4.69, 9.17) is 0 Å². The summed E-state index contributed by atoms with van der Waals surface area (Å²) < 4.78 is 3.78. The van der Waals surface area contributed by atoms with Crippen molar-refractivity contribution < 1.29 is 4.79 Å². The fourth-order valence-electron chi connectivity index (χ4n) is 3.23. The second-order valence-electron chi connectivity index (χ2n) is 6.53. The van der Waals surface area contributed by atoms with Gasteiger partial charge in [0.2, 0.25) is 0 Å². The lowest BCUT2D eigenvalue weighted by Crippen LogP contribution is -2.50. The molecule has 0 aliphatic carbocycles. The van der Waals surface area contributed by atoms with Crippen LogP contribution in [0.4, 0.5) is 0 Å². The number of nitrogens with one attached hydrogen (secondary N) is 2. The van der Waals surface area contributed by atoms with Gasteiger partial charge in [0.05, 0.1) is 0 Å². The number of carbonyl (C=O) groups is 1. The van der Waals surface area contributed by atoms with Gasteiger partial charge >= 0.3 is 0 Å². The number of carbonyl (C=O) groups excluding carboxylic acids is 1. The third-order valence-electron chi connectivity index (χ3n) is 4.87. The summed E-state index contributed by atoms with van der Waals surface area (Å²) in [6.45, 7) is 6.97. The Kier molecular flexibility index (Phi) is 4.72. The number of rotatable bonds is 4. The lowest BCUT2D eigenvalue weighted by atomic mass is 9.87. The molecule has 2 saturated heterocycles. The highest BCUT2D eigenvalue weighted by molar-refractivity contribution is 7.03. The Morgan fingerprint density at radius 1 is 1.55 bits per heavy atom. The van der Waals surface area contributed by atoms with Crippen LogP contribution >= 0.6 is 11.5 Å². The number of fused-ring (bicyclic) bond motifs is 1. The molecule has 122 valence electrons. The molecule has 7 nitrogen and oxygen atoms in total. The van der Waals surface area contributed by atoms with Crippen LogP contribution in [0.15, 0.2) is 5.38 Å². The van der Waals surface area contributed by atoms with Crippen LogP contribution in [0.2, 0.25) is 0 Å². The van der Waals surface area contributed by atoms with Crippen molar-refractivity contribution in [2.45, 2.75) is 38.4 Å². The number of piperidine rings is 1. The van der Waals surface area contributed by atoms with Crippen molar-refractivity contribution in [2.75, 3.05) is 26.7 Å². The average molecular weight is 324 g/mol. The maximum atomic E-state index is 12.4. The van der Waals surface area contributed by atoms with Crippen molar-refractivity contribution in [3.05, 3.63) is 11.1 Å². The van der Waals surface area contributed by atoms with E-state index in [1.54, 1.807) is 5.38 Å². The van der Waals surface area contributed by atoms with E-state index < -0.39 is 0 Å². The van der Waals surface area contributed by atoms with E-state index >= 15 is 0 Å². The summed E-state index contributed by atoms with van der Waals surface area (Å²) in [5, 5.41) is 5.60. The zero-order valence-electron chi connectivity index (χ0n) is 13.3. The van der Waals surface area contributed by atoms with Crippen molar-refractivity contribution in [1.29, 1.82) is 0 Å². The molecule has 2 aliphatic heterocycles. The van der Waals surface area contributed by atoms with Crippen LogP contribution in [0.3, 0.4) is 0 Å². The number of amides is 1. The first-order chi connectivity index (χ1) is 10.6. The number of likely N-dealkylation sites (N-methyl/N-ethyl adjacent to an activating group) is 1. The van der Waals surface area contributed by atoms with E-state index in [-0.39, 0.29) is 5.91 Å². The van der Waals surface area contributed by atoms with Crippen LogP contribution in [-0.4, -0.2) is 70.1 Å². The van der Waals surface area contributed by atoms with Crippen LogP contribution in [0.1, 0.15) is 30.8 Å². The van der Waals surface area contributed by atoms with Crippen LogP contribution < -0.4 is 10.9 Å². The Hall–Kier alpha value is -1.09. The Morgan fingerprint density at radius 3 is 3.05 bits per heavy atom. The summed E-state index contributed by atoms with van der Waals surface area (Å²) in [7, 11) is 2.16. The Bertz CT molecular complexity index is 507. The predicted octanol–water partition coefficient (Wildman–Crippen LogP) is 0.185. The molecule has 22 heavy (non-hydrogen) atoms. The highest BCUT2D eigenvalue weighted by Crippen LogP contribution is 2.26. The summed E-state index contributed by atoms with van der Waals surface area (Å²) in [4.78, 5) is 16.6. The zero-order valence-corrected chi connectivity index (χ0v) is 14.1. The molecule has 3 heterocycles. The topological polar surface area (TPSA) is 73.4 Å². The van der Waals surface area contributed by atoms with Gasteiger partial charge in [0.15, 0.2) is 5.69 Å². The minimum Gasteiger partial charge on any atom is -0.336 e. The summed E-state index contributed by atoms with van der Waals surface area (Å²) in [5.74, 6) is 0.565. The van der Waals surface area contributed by atoms with Crippen molar-refractivity contribution in [2.24, 2.45) is 5.92 Å². The molecule has 2 N–H and O–H groups in total. The van der Waals surface area contributed by atoms with E-state index in [0.29, 0.717) is 29.7 Å². The van der Waals surface area contributed by atoms with Crippen molar-refractivity contribution in [3.8, 4) is 0 Å². The van der Waals surface area contributed by atoms with Gasteiger partial charge in [-0.15, -0.1) is 5.10 Å². The number of hydrazine groups is 1. The molecule has 1 aromatic rings. The minimum absolute atomic E-state index is 0.00301. The number of hydrogen-bond acceptors (Lipinski definition) is 7. The van der Waals surface area contributed by atoms with E-state index in [0.717, 1.165) is 26.1 Å². The van der Waals surface area contributed by atoms with E-state index in [1.807, 2.05) is 4.90 Å². The third kappa shape index (κ3) is 3.15. The summed E-state index contributed by atoms with van der Waals surface area (Å²) in [6.07, 6.45) is 1.02. The molecule has 0 saturated carbocycles. The molecule has 3 rings (SSSR count). The van der Waals surface area contributed by atoms with Crippen LogP contribution in [0, 0.1) is 5.92 Å². The molecule has 0 aromatic carbocycles. The Balaban J connectivity index is 1.58. The highest BCUT2D eigenvalue weighted by atomic mass is 32.1. The Morgan fingerprint density at radius 2 is 2.36 bits per heavy atom. The lowest BCUT2D eigenvalue weighted by molar-refractivity contribution is 0.0651. The number of aromatic nitrogens is 2. The fourth-order valence-corrected chi connectivity index (χ4v) is 3.66. The average Bonchev–Trinajstić information content (AvgIpc) is 3.16. The SMILES string of the molecule is CC(C)N(C)CC1NNC2CN(C(=O)c3csnn3)CCC21. The largest absolute Gasteiger partial charge is 0.336 e. The molecule has 3 atom stereocenters. The summed E-state index contributed by atoms with van der Waals surface area (Å²) in [6, 6.07) is 1.30. The number of hydrogen-bond donors (Lipinski definition) is 2. The molecular formula is C14H24N6OS. The van der Waals surface area contributed by atoms with Crippen LogP contribution in [0.25, 0.3) is 0 Å². The summed E-state index contributed by atoms with van der Waals surface area (Å²) in [5.41, 5.74) is 7.27. The van der Waals surface area contributed by atoms with Gasteiger partial charge in [-0.05, 0) is 44.8 Å². The maximum absolute atomic E-state index is 12.4. The molecule has 1 amide bonds. The smallest absolute Gasteiger partial charge is 0.275 e. The number of nitrogens with zero attached hydrogens (tertiary/aromatic N) is 4. The molecule has 0 radical (unpaired) electrons. The molecule has 2 fully saturated rings. The van der Waals surface area contributed by atoms with E-state index in [2.05, 4.69) is 46.2 Å². The van der Waals surface area contributed by atoms with Gasteiger partial charge in [-0.25, -0.2) is 0 Å². The molecule has 3 unspecified atom stereocenters. The fraction of sp³-hybridized carbons (Fsp3) is 0.786. The predicted molar refractivity (Wildman–Crippen MR) is 85.5 cm³/mol. The number of likely N-dealkylation sites (tertiary alicyclic amines) is 1. The van der Waals surface area contributed by atoms with Gasteiger partial charge in [0, 0.05) is 43.1 Å². The van der Waals surface area contributed by atoms with Crippen LogP contribution in [-0.2, 0) is 0 Å². The van der Waals surface area contributed by atoms with Gasteiger partial charge < -0.3 is 9.80 Å². The standard InChI is InChI=1S/C14H24N6OS/c1-9(2)19(3)6-11-10-4-5-20(7-12(10)16-15-11)14(21)13-8-22-18-17-13/h8-12,15-16H,4-7H2,1-3H3. The van der Waals surface area contributed by atoms with Gasteiger partial charge in [-0.3, -0.25) is 15.6 Å². The maximum Gasteiger partial charge on any atom is 0.275 e. The van der Waals surface area contributed by atoms with Gasteiger partial charge in [0.25, 0.3) is 5.91 Å². The van der Waals surface area contributed by atoms with E-state index in [1.165, 1.54) is 11.5 Å². The van der Waals surface area contributed by atoms with Crippen molar-refractivity contribution in [1.82, 2.24) is 30.2 Å². The quantitative estimate of drug-likeness (QED) is 0.823. The lowest BCUT2D eigenvalue weighted by Gasteiger charge is -2.36. The first kappa shape index (κ1) is 15.8. The van der Waals surface area contributed by atoms with Crippen LogP contribution in [0.5, 0.6) is 0 Å². The third-order valence-corrected chi connectivity index (χ3v) is 5.37. The first-order valence-corrected chi connectivity index (χ1v) is 8.67. The second kappa shape index (κ2) is 6.57. The zero-order chi connectivity index (χ0) is 15.7. The molecule has 0 spiro atoms. The monoisotopic (exact) mass is 324 g/mol. The molecule has 0 bridgehead atoms. The van der Waals surface area contributed by atoms with E-state index in [9.17, 15) is 4.79 Å². The van der Waals surface area contributed by atoms with Gasteiger partial charge in [-0.2, -0.15) is 0 Å². The molecule has 2 aliphatic rings. The van der Waals surface area contributed by atoms with Crippen molar-refractivity contribution >= 4 is 17.4 Å². The minimum atomic E-state index is -0.00301. The summed E-state index contributed by atoms with van der Waals surface area (Å²) >= 11 is 1.22. The van der Waals surface area contributed by atoms with Gasteiger partial charge in [-0.1, -0.05) is 4.49 Å². The molecule has 8 heteroatoms. The molecular weight excluding hydrogens is 300 g/mol. The van der Waals surface area contributed by atoms with Crippen molar-refractivity contribution in [3.63, 3.8) is 0 Å².